The molecular weight excluding hydrogens is 269 g/mol. The Bertz CT molecular complexity index is 696. The summed E-state index contributed by atoms with van der Waals surface area (Å²) in [4.78, 5) is 25.2. The van der Waals surface area contributed by atoms with E-state index < -0.39 is 28.0 Å². The van der Waals surface area contributed by atoms with Gasteiger partial charge in [-0.1, -0.05) is 6.92 Å². The Morgan fingerprint density at radius 3 is 2.80 bits per heavy atom. The molecule has 0 bridgehead atoms. The van der Waals surface area contributed by atoms with Gasteiger partial charge in [-0.3, -0.25) is 14.7 Å². The van der Waals surface area contributed by atoms with Crippen molar-refractivity contribution in [3.63, 3.8) is 0 Å². The third kappa shape index (κ3) is 2.22. The van der Waals surface area contributed by atoms with Crippen LogP contribution in [0.1, 0.15) is 23.1 Å². The lowest BCUT2D eigenvalue weighted by molar-refractivity contribution is -0.384. The minimum atomic E-state index is -1.49. The van der Waals surface area contributed by atoms with Gasteiger partial charge in [-0.2, -0.15) is 0 Å². The molecule has 0 aliphatic rings. The minimum Gasteiger partial charge on any atom is -0.478 e. The van der Waals surface area contributed by atoms with Gasteiger partial charge in [0.25, 0.3) is 5.69 Å². The van der Waals surface area contributed by atoms with Gasteiger partial charge in [0, 0.05) is 18.8 Å². The summed E-state index contributed by atoms with van der Waals surface area (Å²) in [6.45, 7) is 1.80. The van der Waals surface area contributed by atoms with Gasteiger partial charge < -0.3 is 5.11 Å². The van der Waals surface area contributed by atoms with Gasteiger partial charge in [0.1, 0.15) is 17.3 Å². The van der Waals surface area contributed by atoms with Crippen LogP contribution in [0, 0.1) is 15.9 Å². The van der Waals surface area contributed by atoms with Crippen LogP contribution in [0.5, 0.6) is 0 Å². The standard InChI is InChI=1S/C12H10FN3O4/c1-2-11-14-3-4-15(11)9-5-7(12(17)18)8(13)6-10(9)16(19)20/h3-6H,2H2,1H3,(H,17,18). The molecule has 7 nitrogen and oxygen atoms in total. The van der Waals surface area contributed by atoms with E-state index in [0.29, 0.717) is 18.3 Å². The quantitative estimate of drug-likeness (QED) is 0.683. The average molecular weight is 279 g/mol. The Hall–Kier alpha value is -2.77. The van der Waals surface area contributed by atoms with Crippen molar-refractivity contribution in [3.8, 4) is 5.69 Å². The smallest absolute Gasteiger partial charge is 0.338 e. The molecule has 0 atom stereocenters. The van der Waals surface area contributed by atoms with E-state index >= 15 is 0 Å². The first kappa shape index (κ1) is 13.7. The largest absolute Gasteiger partial charge is 0.478 e. The summed E-state index contributed by atoms with van der Waals surface area (Å²) in [5.41, 5.74) is -1.16. The van der Waals surface area contributed by atoms with Gasteiger partial charge in [-0.25, -0.2) is 14.2 Å². The van der Waals surface area contributed by atoms with Crippen LogP contribution in [0.4, 0.5) is 10.1 Å². The second kappa shape index (κ2) is 5.08. The molecule has 0 saturated heterocycles. The van der Waals surface area contributed by atoms with Crippen LogP contribution < -0.4 is 0 Å². The third-order valence-corrected chi connectivity index (χ3v) is 2.78. The fourth-order valence-electron chi connectivity index (χ4n) is 1.87. The Kier molecular flexibility index (Phi) is 3.47. The summed E-state index contributed by atoms with van der Waals surface area (Å²) in [7, 11) is 0. The number of carboxylic acids is 1. The average Bonchev–Trinajstić information content (AvgIpc) is 2.85. The monoisotopic (exact) mass is 279 g/mol. The van der Waals surface area contributed by atoms with Crippen LogP contribution in [0.2, 0.25) is 0 Å². The number of carbonyl (C=O) groups is 1. The Balaban J connectivity index is 2.75. The number of hydrogen-bond acceptors (Lipinski definition) is 4. The zero-order valence-corrected chi connectivity index (χ0v) is 10.4. The van der Waals surface area contributed by atoms with Crippen LogP contribution in [0.3, 0.4) is 0 Å². The SMILES string of the molecule is CCc1nccn1-c1cc(C(=O)O)c(F)cc1[N+](=O)[O-]. The summed E-state index contributed by atoms with van der Waals surface area (Å²) >= 11 is 0. The van der Waals surface area contributed by atoms with Crippen molar-refractivity contribution in [1.82, 2.24) is 9.55 Å². The second-order valence-corrected chi connectivity index (χ2v) is 3.95. The number of nitrogens with zero attached hydrogens (tertiary/aromatic N) is 3. The highest BCUT2D eigenvalue weighted by Crippen LogP contribution is 2.27. The fraction of sp³-hybridized carbons (Fsp3) is 0.167. The highest BCUT2D eigenvalue weighted by Gasteiger charge is 2.23. The van der Waals surface area contributed by atoms with Crippen molar-refractivity contribution in [2.24, 2.45) is 0 Å². The van der Waals surface area contributed by atoms with E-state index in [2.05, 4.69) is 4.98 Å². The molecule has 0 fully saturated rings. The molecule has 0 aliphatic heterocycles. The number of nitro benzene ring substituents is 1. The molecule has 0 saturated carbocycles. The summed E-state index contributed by atoms with van der Waals surface area (Å²) in [6, 6.07) is 1.55. The van der Waals surface area contributed by atoms with E-state index in [1.165, 1.54) is 17.0 Å². The lowest BCUT2D eigenvalue weighted by Crippen LogP contribution is -2.08. The number of rotatable bonds is 4. The highest BCUT2D eigenvalue weighted by atomic mass is 19.1. The third-order valence-electron chi connectivity index (χ3n) is 2.78. The van der Waals surface area contributed by atoms with Crippen molar-refractivity contribution >= 4 is 11.7 Å². The molecular formula is C12H10FN3O4. The van der Waals surface area contributed by atoms with E-state index in [-0.39, 0.29) is 5.69 Å². The van der Waals surface area contributed by atoms with Gasteiger partial charge in [0.05, 0.1) is 16.6 Å². The molecule has 0 radical (unpaired) electrons. The predicted octanol–water partition coefficient (Wildman–Crippen LogP) is 2.18. The van der Waals surface area contributed by atoms with Gasteiger partial charge >= 0.3 is 5.97 Å². The zero-order chi connectivity index (χ0) is 14.9. The molecule has 20 heavy (non-hydrogen) atoms. The molecule has 1 N–H and O–H groups in total. The normalized spacial score (nSPS) is 10.5. The lowest BCUT2D eigenvalue weighted by Gasteiger charge is -2.09. The molecule has 0 spiro atoms. The first-order valence-electron chi connectivity index (χ1n) is 5.69. The van der Waals surface area contributed by atoms with E-state index in [1.807, 2.05) is 0 Å². The Labute approximate surface area is 112 Å². The summed E-state index contributed by atoms with van der Waals surface area (Å²) in [6.07, 6.45) is 3.39. The number of carboxylic acid groups (broad SMARTS) is 1. The number of hydrogen-bond donors (Lipinski definition) is 1. The molecule has 0 aliphatic carbocycles. The highest BCUT2D eigenvalue weighted by molar-refractivity contribution is 5.89. The summed E-state index contributed by atoms with van der Waals surface area (Å²) in [5.74, 6) is -2.13. The fourth-order valence-corrected chi connectivity index (χ4v) is 1.87. The summed E-state index contributed by atoms with van der Waals surface area (Å²) in [5, 5.41) is 19.9. The van der Waals surface area contributed by atoms with Crippen LogP contribution in [0.25, 0.3) is 5.69 Å². The predicted molar refractivity (Wildman–Crippen MR) is 66.5 cm³/mol. The molecule has 104 valence electrons. The molecule has 8 heteroatoms. The van der Waals surface area contributed by atoms with Gasteiger partial charge in [0.2, 0.25) is 0 Å². The number of benzene rings is 1. The number of aromatic carboxylic acids is 1. The second-order valence-electron chi connectivity index (χ2n) is 3.95. The van der Waals surface area contributed by atoms with Gasteiger partial charge in [-0.05, 0) is 6.07 Å². The number of imidazole rings is 1. The van der Waals surface area contributed by atoms with Crippen LogP contribution in [-0.4, -0.2) is 25.6 Å². The number of aryl methyl sites for hydroxylation is 1. The van der Waals surface area contributed by atoms with E-state index in [0.717, 1.165) is 6.07 Å². The first-order chi connectivity index (χ1) is 9.45. The molecule has 2 aromatic rings. The number of halogens is 1. The number of nitro groups is 1. The van der Waals surface area contributed by atoms with Crippen molar-refractivity contribution in [3.05, 3.63) is 51.8 Å². The maximum atomic E-state index is 13.6. The van der Waals surface area contributed by atoms with E-state index in [1.54, 1.807) is 6.92 Å². The maximum absolute atomic E-state index is 13.6. The number of aromatic nitrogens is 2. The van der Waals surface area contributed by atoms with E-state index in [4.69, 9.17) is 5.11 Å². The van der Waals surface area contributed by atoms with Gasteiger partial charge in [-0.15, -0.1) is 0 Å². The van der Waals surface area contributed by atoms with Gasteiger partial charge in [0.15, 0.2) is 0 Å². The maximum Gasteiger partial charge on any atom is 0.338 e. The molecule has 1 heterocycles. The minimum absolute atomic E-state index is 0.0249. The molecule has 1 aromatic heterocycles. The molecule has 2 rings (SSSR count). The molecule has 1 aromatic carbocycles. The lowest BCUT2D eigenvalue weighted by atomic mass is 10.1. The molecule has 0 unspecified atom stereocenters. The van der Waals surface area contributed by atoms with Crippen molar-refractivity contribution in [2.45, 2.75) is 13.3 Å². The Morgan fingerprint density at radius 1 is 1.55 bits per heavy atom. The van der Waals surface area contributed by atoms with Crippen molar-refractivity contribution in [1.29, 1.82) is 0 Å². The van der Waals surface area contributed by atoms with Crippen molar-refractivity contribution in [2.75, 3.05) is 0 Å². The Morgan fingerprint density at radius 2 is 2.25 bits per heavy atom. The first-order valence-corrected chi connectivity index (χ1v) is 5.69. The van der Waals surface area contributed by atoms with Crippen LogP contribution in [-0.2, 0) is 6.42 Å². The van der Waals surface area contributed by atoms with Crippen molar-refractivity contribution < 1.29 is 19.2 Å². The zero-order valence-electron chi connectivity index (χ0n) is 10.4. The van der Waals surface area contributed by atoms with E-state index in [9.17, 15) is 19.3 Å². The summed E-state index contributed by atoms with van der Waals surface area (Å²) < 4.78 is 14.9. The van der Waals surface area contributed by atoms with Crippen LogP contribution >= 0.6 is 0 Å². The molecule has 0 amide bonds. The topological polar surface area (TPSA) is 98.3 Å². The van der Waals surface area contributed by atoms with Crippen LogP contribution in [0.15, 0.2) is 24.5 Å².